The molecule has 0 radical (unpaired) electrons. The van der Waals surface area contributed by atoms with Crippen molar-refractivity contribution in [3.05, 3.63) is 58.7 Å². The molecule has 108 valence electrons. The number of methoxy groups -OCH3 is 1. The molecule has 0 unspecified atom stereocenters. The van der Waals surface area contributed by atoms with Gasteiger partial charge < -0.3 is 10.1 Å². The molecule has 3 rings (SSSR count). The summed E-state index contributed by atoms with van der Waals surface area (Å²) in [6.45, 7) is 0. The fourth-order valence-corrected chi connectivity index (χ4v) is 2.46. The van der Waals surface area contributed by atoms with Crippen molar-refractivity contribution in [1.29, 1.82) is 5.26 Å². The van der Waals surface area contributed by atoms with Gasteiger partial charge in [-0.15, -0.1) is 0 Å². The van der Waals surface area contributed by atoms with Crippen molar-refractivity contribution < 1.29 is 4.74 Å². The molecule has 3 aromatic rings. The van der Waals surface area contributed by atoms with Gasteiger partial charge in [0, 0.05) is 21.7 Å². The molecule has 0 spiro atoms. The molecule has 5 heteroatoms. The van der Waals surface area contributed by atoms with Crippen molar-refractivity contribution in [1.82, 2.24) is 4.98 Å². The largest absolute Gasteiger partial charge is 0.497 e. The maximum Gasteiger partial charge on any atom is 0.119 e. The van der Waals surface area contributed by atoms with Crippen LogP contribution in [0.3, 0.4) is 0 Å². The SMILES string of the molecule is COc1ccc2ncc(C#N)c(Nc3ccc(Br)cc3)c2c1. The first-order chi connectivity index (χ1) is 10.7. The van der Waals surface area contributed by atoms with Crippen LogP contribution in [0.4, 0.5) is 11.4 Å². The summed E-state index contributed by atoms with van der Waals surface area (Å²) in [4.78, 5) is 4.32. The Morgan fingerprint density at radius 1 is 1.18 bits per heavy atom. The third-order valence-electron chi connectivity index (χ3n) is 3.31. The molecule has 1 heterocycles. The molecule has 0 aliphatic heterocycles. The van der Waals surface area contributed by atoms with Crippen molar-refractivity contribution in [2.24, 2.45) is 0 Å². The number of nitrogens with one attached hydrogen (secondary N) is 1. The molecule has 0 atom stereocenters. The number of nitrogens with zero attached hydrogens (tertiary/aromatic N) is 2. The van der Waals surface area contributed by atoms with Gasteiger partial charge in [-0.05, 0) is 42.5 Å². The Balaban J connectivity index is 2.16. The van der Waals surface area contributed by atoms with E-state index in [0.29, 0.717) is 5.56 Å². The second-order valence-corrected chi connectivity index (χ2v) is 5.59. The number of rotatable bonds is 3. The van der Waals surface area contributed by atoms with Crippen LogP contribution < -0.4 is 10.1 Å². The van der Waals surface area contributed by atoms with E-state index in [1.165, 1.54) is 0 Å². The number of hydrogen-bond donors (Lipinski definition) is 1. The van der Waals surface area contributed by atoms with Crippen LogP contribution in [0.15, 0.2) is 53.1 Å². The predicted molar refractivity (Wildman–Crippen MR) is 90.4 cm³/mol. The topological polar surface area (TPSA) is 57.9 Å². The Morgan fingerprint density at radius 3 is 2.64 bits per heavy atom. The predicted octanol–water partition coefficient (Wildman–Crippen LogP) is 4.62. The van der Waals surface area contributed by atoms with Gasteiger partial charge in [0.25, 0.3) is 0 Å². The number of ether oxygens (including phenoxy) is 1. The lowest BCUT2D eigenvalue weighted by molar-refractivity contribution is 0.415. The van der Waals surface area contributed by atoms with E-state index in [1.807, 2.05) is 42.5 Å². The number of fused-ring (bicyclic) bond motifs is 1. The molecular formula is C17H12BrN3O. The third-order valence-corrected chi connectivity index (χ3v) is 3.84. The Morgan fingerprint density at radius 2 is 1.95 bits per heavy atom. The zero-order valence-corrected chi connectivity index (χ0v) is 13.4. The molecule has 0 amide bonds. The lowest BCUT2D eigenvalue weighted by Gasteiger charge is -2.12. The van der Waals surface area contributed by atoms with Crippen LogP contribution in [0, 0.1) is 11.3 Å². The fraction of sp³-hybridized carbons (Fsp3) is 0.0588. The number of pyridine rings is 1. The number of aromatic nitrogens is 1. The van der Waals surface area contributed by atoms with Gasteiger partial charge in [0.1, 0.15) is 11.8 Å². The Kier molecular flexibility index (Phi) is 3.94. The van der Waals surface area contributed by atoms with Gasteiger partial charge in [0.15, 0.2) is 0 Å². The van der Waals surface area contributed by atoms with E-state index in [2.05, 4.69) is 32.3 Å². The number of benzene rings is 2. The zero-order valence-electron chi connectivity index (χ0n) is 11.8. The number of nitriles is 1. The molecule has 1 N–H and O–H groups in total. The molecule has 0 aliphatic carbocycles. The average molecular weight is 354 g/mol. The molecule has 4 nitrogen and oxygen atoms in total. The fourth-order valence-electron chi connectivity index (χ4n) is 2.20. The first-order valence-electron chi connectivity index (χ1n) is 6.60. The summed E-state index contributed by atoms with van der Waals surface area (Å²) in [6, 6.07) is 15.6. The molecular weight excluding hydrogens is 342 g/mol. The Labute approximate surface area is 136 Å². The minimum absolute atomic E-state index is 0.490. The van der Waals surface area contributed by atoms with Crippen LogP contribution in [-0.4, -0.2) is 12.1 Å². The smallest absolute Gasteiger partial charge is 0.119 e. The number of hydrogen-bond acceptors (Lipinski definition) is 4. The summed E-state index contributed by atoms with van der Waals surface area (Å²) in [5.41, 5.74) is 2.92. The minimum atomic E-state index is 0.490. The van der Waals surface area contributed by atoms with Gasteiger partial charge in [0.05, 0.1) is 23.9 Å². The van der Waals surface area contributed by atoms with E-state index in [9.17, 15) is 5.26 Å². The summed E-state index contributed by atoms with van der Waals surface area (Å²) < 4.78 is 6.27. The highest BCUT2D eigenvalue weighted by Crippen LogP contribution is 2.31. The maximum atomic E-state index is 9.36. The summed E-state index contributed by atoms with van der Waals surface area (Å²) in [7, 11) is 1.62. The van der Waals surface area contributed by atoms with E-state index in [1.54, 1.807) is 13.3 Å². The standard InChI is InChI=1S/C17H12BrN3O/c1-22-14-6-7-16-15(8-14)17(11(9-19)10-20-16)21-13-4-2-12(18)3-5-13/h2-8,10H,1H3,(H,20,21). The van der Waals surface area contributed by atoms with E-state index in [-0.39, 0.29) is 0 Å². The van der Waals surface area contributed by atoms with E-state index in [4.69, 9.17) is 4.74 Å². The van der Waals surface area contributed by atoms with Crippen LogP contribution >= 0.6 is 15.9 Å². The summed E-state index contributed by atoms with van der Waals surface area (Å²) in [5, 5.41) is 13.5. The summed E-state index contributed by atoms with van der Waals surface area (Å²) in [6.07, 6.45) is 1.58. The third kappa shape index (κ3) is 2.74. The zero-order chi connectivity index (χ0) is 15.5. The lowest BCUT2D eigenvalue weighted by Crippen LogP contribution is -1.97. The first-order valence-corrected chi connectivity index (χ1v) is 7.40. The molecule has 0 bridgehead atoms. The van der Waals surface area contributed by atoms with Crippen LogP contribution in [0.25, 0.3) is 10.9 Å². The monoisotopic (exact) mass is 353 g/mol. The summed E-state index contributed by atoms with van der Waals surface area (Å²) >= 11 is 3.41. The Bertz CT molecular complexity index is 869. The highest BCUT2D eigenvalue weighted by atomic mass is 79.9. The van der Waals surface area contributed by atoms with Crippen molar-refractivity contribution in [2.75, 3.05) is 12.4 Å². The molecule has 1 aromatic heterocycles. The quantitative estimate of drug-likeness (QED) is 0.746. The van der Waals surface area contributed by atoms with Crippen molar-refractivity contribution in [3.63, 3.8) is 0 Å². The van der Waals surface area contributed by atoms with Crippen molar-refractivity contribution >= 4 is 38.2 Å². The second kappa shape index (κ2) is 6.04. The van der Waals surface area contributed by atoms with Crippen LogP contribution in [0.2, 0.25) is 0 Å². The molecule has 2 aromatic carbocycles. The molecule has 22 heavy (non-hydrogen) atoms. The Hall–Kier alpha value is -2.58. The van der Waals surface area contributed by atoms with Crippen LogP contribution in [-0.2, 0) is 0 Å². The average Bonchev–Trinajstić information content (AvgIpc) is 2.56. The highest BCUT2D eigenvalue weighted by molar-refractivity contribution is 9.10. The van der Waals surface area contributed by atoms with Gasteiger partial charge >= 0.3 is 0 Å². The van der Waals surface area contributed by atoms with Gasteiger partial charge in [-0.1, -0.05) is 15.9 Å². The number of anilines is 2. The van der Waals surface area contributed by atoms with E-state index >= 15 is 0 Å². The highest BCUT2D eigenvalue weighted by Gasteiger charge is 2.10. The van der Waals surface area contributed by atoms with Crippen LogP contribution in [0.5, 0.6) is 5.75 Å². The first kappa shape index (κ1) is 14.4. The van der Waals surface area contributed by atoms with Crippen molar-refractivity contribution in [3.8, 4) is 11.8 Å². The van der Waals surface area contributed by atoms with Gasteiger partial charge in [-0.2, -0.15) is 5.26 Å². The molecule has 0 fully saturated rings. The second-order valence-electron chi connectivity index (χ2n) is 4.67. The maximum absolute atomic E-state index is 9.36. The molecule has 0 aliphatic rings. The van der Waals surface area contributed by atoms with Gasteiger partial charge in [0.2, 0.25) is 0 Å². The number of halogens is 1. The van der Waals surface area contributed by atoms with Crippen LogP contribution in [0.1, 0.15) is 5.56 Å². The minimum Gasteiger partial charge on any atom is -0.497 e. The van der Waals surface area contributed by atoms with Crippen molar-refractivity contribution in [2.45, 2.75) is 0 Å². The van der Waals surface area contributed by atoms with E-state index < -0.39 is 0 Å². The lowest BCUT2D eigenvalue weighted by atomic mass is 10.1. The summed E-state index contributed by atoms with van der Waals surface area (Å²) in [5.74, 6) is 0.725. The molecule has 0 saturated heterocycles. The van der Waals surface area contributed by atoms with E-state index in [0.717, 1.165) is 32.5 Å². The normalized spacial score (nSPS) is 10.2. The van der Waals surface area contributed by atoms with Gasteiger partial charge in [-0.3, -0.25) is 4.98 Å². The van der Waals surface area contributed by atoms with Gasteiger partial charge in [-0.25, -0.2) is 0 Å². The molecule has 0 saturated carbocycles.